The molecule has 1 unspecified atom stereocenters. The van der Waals surface area contributed by atoms with Crippen molar-refractivity contribution in [2.75, 3.05) is 25.5 Å². The van der Waals surface area contributed by atoms with Crippen LogP contribution in [0.2, 0.25) is 0 Å². The van der Waals surface area contributed by atoms with Gasteiger partial charge in [0.25, 0.3) is 0 Å². The standard InChI is InChI=1S/C14H19N3/c1-11-8-13(6-5-12(11)9-15)16-14-4-3-7-17(2)10-14/h5-6,8,14,16H,3-4,7,10H2,1-2H3. The number of hydrogen-bond donors (Lipinski definition) is 1. The van der Waals surface area contributed by atoms with Gasteiger partial charge in [-0.15, -0.1) is 0 Å². The lowest BCUT2D eigenvalue weighted by molar-refractivity contribution is 0.261. The molecule has 17 heavy (non-hydrogen) atoms. The lowest BCUT2D eigenvalue weighted by Crippen LogP contribution is -2.39. The van der Waals surface area contributed by atoms with Crippen molar-refractivity contribution in [3.63, 3.8) is 0 Å². The van der Waals surface area contributed by atoms with Gasteiger partial charge < -0.3 is 10.2 Å². The Balaban J connectivity index is 2.04. The summed E-state index contributed by atoms with van der Waals surface area (Å²) in [6, 6.07) is 8.68. The van der Waals surface area contributed by atoms with Crippen LogP contribution in [0.4, 0.5) is 5.69 Å². The lowest BCUT2D eigenvalue weighted by Gasteiger charge is -2.31. The summed E-state index contributed by atoms with van der Waals surface area (Å²) >= 11 is 0. The van der Waals surface area contributed by atoms with Gasteiger partial charge in [0, 0.05) is 18.3 Å². The molecule has 3 nitrogen and oxygen atoms in total. The van der Waals surface area contributed by atoms with Crippen LogP contribution in [-0.4, -0.2) is 31.1 Å². The average molecular weight is 229 g/mol. The van der Waals surface area contributed by atoms with Crippen LogP contribution in [0.1, 0.15) is 24.0 Å². The van der Waals surface area contributed by atoms with Crippen LogP contribution in [0, 0.1) is 18.3 Å². The van der Waals surface area contributed by atoms with Crippen LogP contribution in [0.3, 0.4) is 0 Å². The van der Waals surface area contributed by atoms with Crippen LogP contribution in [-0.2, 0) is 0 Å². The monoisotopic (exact) mass is 229 g/mol. The molecule has 0 radical (unpaired) electrons. The maximum Gasteiger partial charge on any atom is 0.0994 e. The van der Waals surface area contributed by atoms with Crippen molar-refractivity contribution in [2.45, 2.75) is 25.8 Å². The quantitative estimate of drug-likeness (QED) is 0.846. The summed E-state index contributed by atoms with van der Waals surface area (Å²) in [5.74, 6) is 0. The Labute approximate surface area is 103 Å². The van der Waals surface area contributed by atoms with Gasteiger partial charge in [-0.05, 0) is 57.1 Å². The van der Waals surface area contributed by atoms with E-state index in [2.05, 4.69) is 29.4 Å². The van der Waals surface area contributed by atoms with Crippen molar-refractivity contribution in [3.05, 3.63) is 29.3 Å². The zero-order valence-corrected chi connectivity index (χ0v) is 10.5. The smallest absolute Gasteiger partial charge is 0.0994 e. The van der Waals surface area contributed by atoms with E-state index in [1.54, 1.807) is 0 Å². The molecule has 1 aliphatic rings. The van der Waals surface area contributed by atoms with Crippen LogP contribution in [0.5, 0.6) is 0 Å². The van der Waals surface area contributed by atoms with E-state index < -0.39 is 0 Å². The first-order chi connectivity index (χ1) is 8.19. The summed E-state index contributed by atoms with van der Waals surface area (Å²) in [5, 5.41) is 12.4. The summed E-state index contributed by atoms with van der Waals surface area (Å²) < 4.78 is 0. The van der Waals surface area contributed by atoms with E-state index in [1.807, 2.05) is 19.1 Å². The van der Waals surface area contributed by atoms with Crippen molar-refractivity contribution >= 4 is 5.69 Å². The summed E-state index contributed by atoms with van der Waals surface area (Å²) in [6.07, 6.45) is 2.48. The number of nitrogens with zero attached hydrogens (tertiary/aromatic N) is 2. The van der Waals surface area contributed by atoms with Gasteiger partial charge in [-0.25, -0.2) is 0 Å². The third-order valence-corrected chi connectivity index (χ3v) is 3.34. The van der Waals surface area contributed by atoms with Crippen LogP contribution < -0.4 is 5.32 Å². The maximum absolute atomic E-state index is 8.89. The molecule has 90 valence electrons. The number of likely N-dealkylation sites (tertiary alicyclic amines) is 1. The number of piperidine rings is 1. The fourth-order valence-electron chi connectivity index (χ4n) is 2.40. The Hall–Kier alpha value is -1.53. The van der Waals surface area contributed by atoms with Crippen LogP contribution in [0.15, 0.2) is 18.2 Å². The molecule has 0 amide bonds. The van der Waals surface area contributed by atoms with E-state index in [-0.39, 0.29) is 0 Å². The number of nitrogens with one attached hydrogen (secondary N) is 1. The van der Waals surface area contributed by atoms with E-state index in [0.717, 1.165) is 23.4 Å². The fourth-order valence-corrected chi connectivity index (χ4v) is 2.40. The second-order valence-electron chi connectivity index (χ2n) is 4.89. The first kappa shape index (κ1) is 11.9. The number of rotatable bonds is 2. The molecule has 1 aliphatic heterocycles. The van der Waals surface area contributed by atoms with E-state index in [1.165, 1.54) is 19.4 Å². The molecular weight excluding hydrogens is 210 g/mol. The molecule has 1 heterocycles. The summed E-state index contributed by atoms with van der Waals surface area (Å²) in [7, 11) is 2.16. The fraction of sp³-hybridized carbons (Fsp3) is 0.500. The Morgan fingerprint density at radius 3 is 2.94 bits per heavy atom. The van der Waals surface area contributed by atoms with Crippen LogP contribution >= 0.6 is 0 Å². The number of hydrogen-bond acceptors (Lipinski definition) is 3. The highest BCUT2D eigenvalue weighted by molar-refractivity contribution is 5.52. The molecule has 1 aromatic carbocycles. The van der Waals surface area contributed by atoms with Crippen molar-refractivity contribution in [1.82, 2.24) is 4.90 Å². The molecule has 0 spiro atoms. The van der Waals surface area contributed by atoms with E-state index >= 15 is 0 Å². The Morgan fingerprint density at radius 1 is 1.47 bits per heavy atom. The van der Waals surface area contributed by atoms with E-state index in [4.69, 9.17) is 5.26 Å². The minimum atomic E-state index is 0.529. The molecular formula is C14H19N3. The zero-order valence-electron chi connectivity index (χ0n) is 10.5. The summed E-state index contributed by atoms with van der Waals surface area (Å²) in [5.41, 5.74) is 2.93. The molecule has 1 fully saturated rings. The molecule has 0 bridgehead atoms. The predicted molar refractivity (Wildman–Crippen MR) is 70.0 cm³/mol. The van der Waals surface area contributed by atoms with Crippen LogP contribution in [0.25, 0.3) is 0 Å². The number of benzene rings is 1. The first-order valence-electron chi connectivity index (χ1n) is 6.15. The van der Waals surface area contributed by atoms with Gasteiger partial charge in [-0.2, -0.15) is 5.26 Å². The molecule has 0 aromatic heterocycles. The largest absolute Gasteiger partial charge is 0.381 e. The van der Waals surface area contributed by atoms with Crippen molar-refractivity contribution in [2.24, 2.45) is 0 Å². The van der Waals surface area contributed by atoms with Crippen molar-refractivity contribution in [3.8, 4) is 6.07 Å². The lowest BCUT2D eigenvalue weighted by atomic mass is 10.0. The molecule has 1 aromatic rings. The minimum absolute atomic E-state index is 0.529. The predicted octanol–water partition coefficient (Wildman–Crippen LogP) is 2.37. The van der Waals surface area contributed by atoms with Gasteiger partial charge in [0.15, 0.2) is 0 Å². The molecule has 0 saturated carbocycles. The highest BCUT2D eigenvalue weighted by Crippen LogP contribution is 2.18. The number of likely N-dealkylation sites (N-methyl/N-ethyl adjacent to an activating group) is 1. The van der Waals surface area contributed by atoms with Gasteiger partial charge >= 0.3 is 0 Å². The maximum atomic E-state index is 8.89. The number of aryl methyl sites for hydroxylation is 1. The SMILES string of the molecule is Cc1cc(NC2CCCN(C)C2)ccc1C#N. The molecule has 2 rings (SSSR count). The number of nitriles is 1. The van der Waals surface area contributed by atoms with E-state index in [9.17, 15) is 0 Å². The van der Waals surface area contributed by atoms with Gasteiger partial charge in [0.1, 0.15) is 0 Å². The molecule has 3 heteroatoms. The molecule has 1 atom stereocenters. The number of anilines is 1. The third kappa shape index (κ3) is 2.98. The van der Waals surface area contributed by atoms with Gasteiger partial charge in [-0.3, -0.25) is 0 Å². The third-order valence-electron chi connectivity index (χ3n) is 3.34. The highest BCUT2D eigenvalue weighted by atomic mass is 15.1. The summed E-state index contributed by atoms with van der Waals surface area (Å²) in [4.78, 5) is 2.36. The molecule has 1 saturated heterocycles. The van der Waals surface area contributed by atoms with Crippen molar-refractivity contribution < 1.29 is 0 Å². The van der Waals surface area contributed by atoms with Gasteiger partial charge in [0.05, 0.1) is 11.6 Å². The average Bonchev–Trinajstić information content (AvgIpc) is 2.29. The normalized spacial score (nSPS) is 20.9. The minimum Gasteiger partial charge on any atom is -0.381 e. The second kappa shape index (κ2) is 5.20. The van der Waals surface area contributed by atoms with Gasteiger partial charge in [0.2, 0.25) is 0 Å². The highest BCUT2D eigenvalue weighted by Gasteiger charge is 2.16. The summed E-state index contributed by atoms with van der Waals surface area (Å²) in [6.45, 7) is 4.28. The Bertz CT molecular complexity index is 434. The van der Waals surface area contributed by atoms with E-state index in [0.29, 0.717) is 6.04 Å². The Morgan fingerprint density at radius 2 is 2.29 bits per heavy atom. The molecule has 0 aliphatic carbocycles. The topological polar surface area (TPSA) is 39.1 Å². The van der Waals surface area contributed by atoms with Gasteiger partial charge in [-0.1, -0.05) is 0 Å². The second-order valence-corrected chi connectivity index (χ2v) is 4.89. The van der Waals surface area contributed by atoms with Crippen molar-refractivity contribution in [1.29, 1.82) is 5.26 Å². The first-order valence-corrected chi connectivity index (χ1v) is 6.15. The zero-order chi connectivity index (χ0) is 12.3. The Kier molecular flexibility index (Phi) is 3.65. The molecule has 1 N–H and O–H groups in total.